The van der Waals surface area contributed by atoms with Crippen LogP contribution < -0.4 is 0 Å². The van der Waals surface area contributed by atoms with E-state index in [9.17, 15) is 18.0 Å². The van der Waals surface area contributed by atoms with E-state index in [4.69, 9.17) is 0 Å². The van der Waals surface area contributed by atoms with Gasteiger partial charge in [0.15, 0.2) is 0 Å². The van der Waals surface area contributed by atoms with Crippen molar-refractivity contribution in [1.82, 2.24) is 0 Å². The molecule has 0 saturated carbocycles. The quantitative estimate of drug-likeness (QED) is 0.620. The molecule has 0 N–H and O–H groups in total. The molecule has 1 amide bonds. The molecule has 1 aliphatic rings. The standard InChI is InChI=1S/C7H9N3O4S/c1-4(2)3-15(13,14)7-5(11)6(12)8-10-9-7/h4H,3H2,1-2H3. The predicted octanol–water partition coefficient (Wildman–Crippen LogP) is -0.0678. The average molecular weight is 231 g/mol. The third-order valence-corrected chi connectivity index (χ3v) is 3.47. The number of carbonyl (C=O) groups is 2. The Hall–Kier alpha value is -1.44. The minimum Gasteiger partial charge on any atom is -0.280 e. The molecule has 0 aromatic carbocycles. The molecule has 82 valence electrons. The largest absolute Gasteiger partial charge is 0.340 e. The van der Waals surface area contributed by atoms with Crippen molar-refractivity contribution in [1.29, 1.82) is 0 Å². The number of carbonyl (C=O) groups excluding carboxylic acids is 2. The molecule has 1 aliphatic heterocycles. The average Bonchev–Trinajstić information content (AvgIpc) is 2.07. The van der Waals surface area contributed by atoms with Gasteiger partial charge in [0.1, 0.15) is 0 Å². The molecule has 1 heterocycles. The van der Waals surface area contributed by atoms with Crippen LogP contribution in [0.4, 0.5) is 0 Å². The molecule has 0 aromatic rings. The van der Waals surface area contributed by atoms with Crippen LogP contribution in [0, 0.1) is 5.92 Å². The maximum atomic E-state index is 11.5. The lowest BCUT2D eigenvalue weighted by atomic mass is 10.3. The number of amides is 1. The first kappa shape index (κ1) is 11.6. The van der Waals surface area contributed by atoms with Gasteiger partial charge in [0, 0.05) is 0 Å². The van der Waals surface area contributed by atoms with Crippen LogP contribution in [-0.2, 0) is 19.4 Å². The molecule has 8 heteroatoms. The van der Waals surface area contributed by atoms with E-state index in [-0.39, 0.29) is 11.7 Å². The summed E-state index contributed by atoms with van der Waals surface area (Å²) in [5.74, 6) is -2.84. The van der Waals surface area contributed by atoms with E-state index in [0.29, 0.717) is 0 Å². The summed E-state index contributed by atoms with van der Waals surface area (Å²) < 4.78 is 23.1. The molecule has 7 nitrogen and oxygen atoms in total. The maximum Gasteiger partial charge on any atom is 0.340 e. The van der Waals surface area contributed by atoms with Crippen LogP contribution >= 0.6 is 0 Å². The zero-order valence-electron chi connectivity index (χ0n) is 8.17. The van der Waals surface area contributed by atoms with E-state index < -0.39 is 26.6 Å². The topological polar surface area (TPSA) is 105 Å². The summed E-state index contributed by atoms with van der Waals surface area (Å²) in [4.78, 5) is 21.9. The zero-order valence-corrected chi connectivity index (χ0v) is 8.98. The van der Waals surface area contributed by atoms with Crippen molar-refractivity contribution in [3.05, 3.63) is 0 Å². The summed E-state index contributed by atoms with van der Waals surface area (Å²) in [5.41, 5.74) is 0. The summed E-state index contributed by atoms with van der Waals surface area (Å²) in [6.07, 6.45) is 0. The zero-order chi connectivity index (χ0) is 11.6. The third kappa shape index (κ3) is 2.52. The minimum atomic E-state index is -3.84. The van der Waals surface area contributed by atoms with Crippen molar-refractivity contribution in [3.8, 4) is 0 Å². The summed E-state index contributed by atoms with van der Waals surface area (Å²) in [5, 5.41) is 8.06. The van der Waals surface area contributed by atoms with Gasteiger partial charge in [0.25, 0.3) is 5.78 Å². The van der Waals surface area contributed by atoms with E-state index in [1.807, 2.05) is 0 Å². The molecule has 0 saturated heterocycles. The van der Waals surface area contributed by atoms with Crippen molar-refractivity contribution < 1.29 is 18.0 Å². The van der Waals surface area contributed by atoms with Gasteiger partial charge in [-0.2, -0.15) is 0 Å². The summed E-state index contributed by atoms with van der Waals surface area (Å²) in [7, 11) is -3.84. The lowest BCUT2D eigenvalue weighted by Gasteiger charge is -2.07. The molecule has 0 fully saturated rings. The van der Waals surface area contributed by atoms with Crippen molar-refractivity contribution >= 4 is 26.6 Å². The van der Waals surface area contributed by atoms with Crippen molar-refractivity contribution in [3.63, 3.8) is 0 Å². The highest BCUT2D eigenvalue weighted by Crippen LogP contribution is 2.08. The molecule has 0 radical (unpaired) electrons. The first-order chi connectivity index (χ1) is 6.84. The number of hydrogen-bond donors (Lipinski definition) is 0. The highest BCUT2D eigenvalue weighted by Gasteiger charge is 2.34. The molecule has 0 aromatic heterocycles. The second-order valence-electron chi connectivity index (χ2n) is 3.40. The summed E-state index contributed by atoms with van der Waals surface area (Å²) >= 11 is 0. The Morgan fingerprint density at radius 2 is 1.87 bits per heavy atom. The monoisotopic (exact) mass is 231 g/mol. The Balaban J connectivity index is 3.08. The van der Waals surface area contributed by atoms with E-state index >= 15 is 0 Å². The van der Waals surface area contributed by atoms with Gasteiger partial charge in [0.05, 0.1) is 5.75 Å². The van der Waals surface area contributed by atoms with Crippen LogP contribution in [0.2, 0.25) is 0 Å². The van der Waals surface area contributed by atoms with Gasteiger partial charge in [-0.05, 0) is 11.1 Å². The number of Topliss-reactive ketones (excluding diaryl/α,β-unsaturated/α-hetero) is 1. The lowest BCUT2D eigenvalue weighted by molar-refractivity contribution is -0.132. The van der Waals surface area contributed by atoms with Crippen molar-refractivity contribution in [2.75, 3.05) is 5.75 Å². The van der Waals surface area contributed by atoms with Crippen LogP contribution in [0.15, 0.2) is 15.4 Å². The molecular formula is C7H9N3O4S. The molecule has 0 atom stereocenters. The van der Waals surface area contributed by atoms with Crippen LogP contribution in [-0.4, -0.2) is 30.9 Å². The van der Waals surface area contributed by atoms with Crippen LogP contribution in [0.25, 0.3) is 0 Å². The number of rotatable bonds is 2. The van der Waals surface area contributed by atoms with E-state index in [0.717, 1.165) is 0 Å². The Labute approximate surface area is 86.2 Å². The number of nitrogens with zero attached hydrogens (tertiary/aromatic N) is 3. The fraction of sp³-hybridized carbons (Fsp3) is 0.571. The second kappa shape index (κ2) is 3.97. The molecule has 0 spiro atoms. The van der Waals surface area contributed by atoms with Crippen LogP contribution in [0.3, 0.4) is 0 Å². The Bertz CT molecular complexity index is 461. The number of hydrogen-bond acceptors (Lipinski definition) is 6. The fourth-order valence-corrected chi connectivity index (χ4v) is 2.57. The normalized spacial score (nSPS) is 17.1. The molecular weight excluding hydrogens is 222 g/mol. The smallest absolute Gasteiger partial charge is 0.280 e. The van der Waals surface area contributed by atoms with E-state index in [2.05, 4.69) is 15.4 Å². The van der Waals surface area contributed by atoms with Gasteiger partial charge in [-0.15, -0.1) is 5.10 Å². The number of ketones is 1. The maximum absolute atomic E-state index is 11.5. The molecule has 0 unspecified atom stereocenters. The van der Waals surface area contributed by atoms with Gasteiger partial charge < -0.3 is 0 Å². The van der Waals surface area contributed by atoms with Crippen LogP contribution in [0.5, 0.6) is 0 Å². The Morgan fingerprint density at radius 3 is 2.40 bits per heavy atom. The Morgan fingerprint density at radius 1 is 1.27 bits per heavy atom. The van der Waals surface area contributed by atoms with E-state index in [1.54, 1.807) is 13.8 Å². The first-order valence-electron chi connectivity index (χ1n) is 4.14. The molecule has 15 heavy (non-hydrogen) atoms. The number of sulfone groups is 1. The van der Waals surface area contributed by atoms with Crippen molar-refractivity contribution in [2.45, 2.75) is 13.8 Å². The van der Waals surface area contributed by atoms with Gasteiger partial charge in [-0.25, -0.2) is 8.42 Å². The minimum absolute atomic E-state index is 0.167. The Kier molecular flexibility index (Phi) is 3.08. The highest BCUT2D eigenvalue weighted by molar-refractivity contribution is 8.08. The third-order valence-electron chi connectivity index (χ3n) is 1.51. The highest BCUT2D eigenvalue weighted by atomic mass is 32.2. The fourth-order valence-electron chi connectivity index (χ4n) is 1.01. The summed E-state index contributed by atoms with van der Waals surface area (Å²) in [6.45, 7) is 3.35. The lowest BCUT2D eigenvalue weighted by Crippen LogP contribution is -2.33. The molecule has 0 aliphatic carbocycles. The SMILES string of the molecule is CC(C)CS(=O)(=O)C1=NN=NC(=O)C1=O. The van der Waals surface area contributed by atoms with Crippen molar-refractivity contribution in [2.24, 2.45) is 21.4 Å². The first-order valence-corrected chi connectivity index (χ1v) is 5.80. The van der Waals surface area contributed by atoms with Gasteiger partial charge in [-0.1, -0.05) is 19.0 Å². The van der Waals surface area contributed by atoms with Gasteiger partial charge >= 0.3 is 5.91 Å². The molecule has 1 rings (SSSR count). The van der Waals surface area contributed by atoms with Gasteiger partial charge in [0.2, 0.25) is 14.9 Å². The predicted molar refractivity (Wildman–Crippen MR) is 50.9 cm³/mol. The second-order valence-corrected chi connectivity index (χ2v) is 5.35. The van der Waals surface area contributed by atoms with Gasteiger partial charge in [-0.3, -0.25) is 9.59 Å². The van der Waals surface area contributed by atoms with E-state index in [1.165, 1.54) is 0 Å². The molecule has 0 bridgehead atoms. The summed E-state index contributed by atoms with van der Waals surface area (Å²) in [6, 6.07) is 0. The van der Waals surface area contributed by atoms with Crippen LogP contribution in [0.1, 0.15) is 13.8 Å².